The first kappa shape index (κ1) is 29.3. The minimum Gasteiger partial charge on any atom is -0.444 e. The van der Waals surface area contributed by atoms with E-state index >= 15 is 4.39 Å². The molecule has 11 nitrogen and oxygen atoms in total. The molecule has 0 aliphatic heterocycles. The predicted octanol–water partition coefficient (Wildman–Crippen LogP) is 3.90. The fourth-order valence-electron chi connectivity index (χ4n) is 3.39. The quantitative estimate of drug-likeness (QED) is 0.160. The van der Waals surface area contributed by atoms with Gasteiger partial charge in [0.05, 0.1) is 18.6 Å². The van der Waals surface area contributed by atoms with Gasteiger partial charge in [-0.25, -0.2) is 23.2 Å². The average Bonchev–Trinajstić information content (AvgIpc) is 3.19. The Kier molecular flexibility index (Phi) is 10.9. The number of imidazole rings is 1. The Balaban J connectivity index is 2.45. The van der Waals surface area contributed by atoms with Crippen LogP contribution in [0.15, 0.2) is 6.07 Å². The number of carbonyl (C=O) groups is 2. The Morgan fingerprint density at radius 2 is 1.89 bits per heavy atom. The number of halogens is 2. The number of phosphoric ester groups is 1. The first-order chi connectivity index (χ1) is 17.0. The highest BCUT2D eigenvalue weighted by atomic mass is 31.2. The van der Waals surface area contributed by atoms with Crippen molar-refractivity contribution in [3.05, 3.63) is 23.3 Å². The van der Waals surface area contributed by atoms with E-state index in [9.17, 15) is 23.8 Å². The van der Waals surface area contributed by atoms with E-state index in [1.54, 1.807) is 6.07 Å². The van der Waals surface area contributed by atoms with E-state index in [0.29, 0.717) is 19.3 Å². The fraction of sp³-hybridized carbons (Fsp3) is 0.545. The van der Waals surface area contributed by atoms with Crippen LogP contribution in [0.4, 0.5) is 14.7 Å². The van der Waals surface area contributed by atoms with E-state index in [1.165, 1.54) is 4.57 Å². The number of esters is 1. The zero-order valence-electron chi connectivity index (χ0n) is 20.1. The van der Waals surface area contributed by atoms with Crippen LogP contribution < -0.4 is 4.90 Å². The minimum absolute atomic E-state index is 0.0537. The molecule has 2 aromatic rings. The van der Waals surface area contributed by atoms with Gasteiger partial charge in [-0.1, -0.05) is 33.1 Å². The molecule has 0 aliphatic rings. The normalized spacial score (nSPS) is 11.5. The molecule has 0 atom stereocenters. The predicted molar refractivity (Wildman–Crippen MR) is 124 cm³/mol. The van der Waals surface area contributed by atoms with Crippen molar-refractivity contribution in [3.63, 3.8) is 0 Å². The van der Waals surface area contributed by atoms with Gasteiger partial charge in [0.15, 0.2) is 18.4 Å². The maximum Gasteiger partial charge on any atom is 0.469 e. The van der Waals surface area contributed by atoms with Crippen LogP contribution in [0.2, 0.25) is 0 Å². The highest BCUT2D eigenvalue weighted by Crippen LogP contribution is 2.35. The molecule has 2 N–H and O–H groups in total. The Labute approximate surface area is 206 Å². The molecule has 1 amide bonds. The maximum atomic E-state index is 15.1. The SMILES string of the molecule is CCCCCC(=O)N(COC(=O)CCOP(=O)(O)O)c1nc2c(F)cc(C#N)c(F)c2n1CCCC. The van der Waals surface area contributed by atoms with Crippen molar-refractivity contribution in [1.29, 1.82) is 5.26 Å². The summed E-state index contributed by atoms with van der Waals surface area (Å²) < 4.78 is 51.2. The molecule has 198 valence electrons. The summed E-state index contributed by atoms with van der Waals surface area (Å²) in [5, 5.41) is 9.19. The van der Waals surface area contributed by atoms with Crippen molar-refractivity contribution in [2.45, 2.75) is 65.3 Å². The van der Waals surface area contributed by atoms with Crippen LogP contribution >= 0.6 is 7.82 Å². The molecule has 0 unspecified atom stereocenters. The molecule has 0 aliphatic carbocycles. The molecule has 0 saturated carbocycles. The number of nitrogens with zero attached hydrogens (tertiary/aromatic N) is 4. The van der Waals surface area contributed by atoms with Crippen molar-refractivity contribution >= 4 is 36.7 Å². The van der Waals surface area contributed by atoms with Crippen molar-refractivity contribution in [3.8, 4) is 6.07 Å². The van der Waals surface area contributed by atoms with E-state index in [-0.39, 0.29) is 29.9 Å². The van der Waals surface area contributed by atoms with Crippen LogP contribution in [0.3, 0.4) is 0 Å². The first-order valence-electron chi connectivity index (χ1n) is 11.5. The smallest absolute Gasteiger partial charge is 0.444 e. The molecule has 0 saturated heterocycles. The van der Waals surface area contributed by atoms with E-state index in [1.807, 2.05) is 13.8 Å². The van der Waals surface area contributed by atoms with Gasteiger partial charge in [0, 0.05) is 13.0 Å². The van der Waals surface area contributed by atoms with Crippen molar-refractivity contribution < 1.29 is 42.0 Å². The molecule has 1 aromatic heterocycles. The number of aromatic nitrogens is 2. The summed E-state index contributed by atoms with van der Waals surface area (Å²) >= 11 is 0. The van der Waals surface area contributed by atoms with Crippen molar-refractivity contribution in [1.82, 2.24) is 9.55 Å². The summed E-state index contributed by atoms with van der Waals surface area (Å²) in [7, 11) is -4.77. The third-order valence-corrected chi connectivity index (χ3v) is 5.72. The number of nitriles is 1. The van der Waals surface area contributed by atoms with Gasteiger partial charge in [-0.05, 0) is 18.9 Å². The second kappa shape index (κ2) is 13.4. The van der Waals surface area contributed by atoms with Crippen LogP contribution in [0, 0.1) is 23.0 Å². The molecule has 2 rings (SSSR count). The summed E-state index contributed by atoms with van der Waals surface area (Å²) in [6.45, 7) is 2.72. The Morgan fingerprint density at radius 1 is 1.19 bits per heavy atom. The number of carbonyl (C=O) groups excluding carboxylic acids is 2. The van der Waals surface area contributed by atoms with Gasteiger partial charge in [0.2, 0.25) is 11.9 Å². The lowest BCUT2D eigenvalue weighted by molar-refractivity contribution is -0.144. The molecule has 36 heavy (non-hydrogen) atoms. The van der Waals surface area contributed by atoms with Gasteiger partial charge in [-0.2, -0.15) is 5.26 Å². The molecule has 0 fully saturated rings. The monoisotopic (exact) mass is 530 g/mol. The van der Waals surface area contributed by atoms with Crippen LogP contribution in [0.1, 0.15) is 64.4 Å². The van der Waals surface area contributed by atoms with Gasteiger partial charge in [-0.15, -0.1) is 0 Å². The molecular formula is C22H29F2N4O7P. The van der Waals surface area contributed by atoms with Crippen LogP contribution in [0.5, 0.6) is 0 Å². The zero-order valence-corrected chi connectivity index (χ0v) is 21.0. The number of amides is 1. The maximum absolute atomic E-state index is 15.1. The molecule has 14 heteroatoms. The first-order valence-corrected chi connectivity index (χ1v) is 13.0. The van der Waals surface area contributed by atoms with Gasteiger partial charge < -0.3 is 19.1 Å². The van der Waals surface area contributed by atoms with Gasteiger partial charge in [0.25, 0.3) is 0 Å². The summed E-state index contributed by atoms with van der Waals surface area (Å²) in [6, 6.07) is 2.33. The second-order valence-corrected chi connectivity index (χ2v) is 9.18. The number of aryl methyl sites for hydroxylation is 1. The highest BCUT2D eigenvalue weighted by molar-refractivity contribution is 7.46. The number of anilines is 1. The summed E-state index contributed by atoms with van der Waals surface area (Å²) in [5.74, 6) is -3.49. The van der Waals surface area contributed by atoms with Crippen LogP contribution in [-0.2, 0) is 30.0 Å². The zero-order chi connectivity index (χ0) is 26.9. The lowest BCUT2D eigenvalue weighted by Crippen LogP contribution is -2.36. The number of benzene rings is 1. The molecule has 0 spiro atoms. The van der Waals surface area contributed by atoms with E-state index < -0.39 is 56.7 Å². The Morgan fingerprint density at radius 3 is 2.50 bits per heavy atom. The van der Waals surface area contributed by atoms with Crippen LogP contribution in [-0.4, -0.2) is 44.6 Å². The Hall–Kier alpha value is -2.91. The number of fused-ring (bicyclic) bond motifs is 1. The van der Waals surface area contributed by atoms with E-state index in [4.69, 9.17) is 14.5 Å². The molecular weight excluding hydrogens is 501 g/mol. The number of hydrogen-bond acceptors (Lipinski definition) is 7. The lowest BCUT2D eigenvalue weighted by atomic mass is 10.2. The number of hydrogen-bond donors (Lipinski definition) is 2. The van der Waals surface area contributed by atoms with E-state index in [2.05, 4.69) is 9.51 Å². The number of phosphoric acid groups is 1. The molecule has 1 aromatic carbocycles. The summed E-state index contributed by atoms with van der Waals surface area (Å²) in [5.41, 5.74) is -1.16. The largest absolute Gasteiger partial charge is 0.469 e. The molecule has 0 radical (unpaired) electrons. The summed E-state index contributed by atoms with van der Waals surface area (Å²) in [4.78, 5) is 47.8. The number of ether oxygens (including phenoxy) is 1. The van der Waals surface area contributed by atoms with Gasteiger partial charge >= 0.3 is 13.8 Å². The lowest BCUT2D eigenvalue weighted by Gasteiger charge is -2.23. The third-order valence-electron chi connectivity index (χ3n) is 5.20. The van der Waals surface area contributed by atoms with Gasteiger partial charge in [-0.3, -0.25) is 14.1 Å². The topological polar surface area (TPSA) is 155 Å². The molecule has 1 heterocycles. The summed E-state index contributed by atoms with van der Waals surface area (Å²) in [6.07, 6.45) is 2.85. The van der Waals surface area contributed by atoms with Crippen LogP contribution in [0.25, 0.3) is 11.0 Å². The number of unbranched alkanes of at least 4 members (excludes halogenated alkanes) is 3. The fourth-order valence-corrected chi connectivity index (χ4v) is 3.72. The van der Waals surface area contributed by atoms with Crippen molar-refractivity contribution in [2.75, 3.05) is 18.2 Å². The minimum atomic E-state index is -4.77. The van der Waals surface area contributed by atoms with Gasteiger partial charge in [0.1, 0.15) is 17.1 Å². The second-order valence-electron chi connectivity index (χ2n) is 7.94. The van der Waals surface area contributed by atoms with E-state index in [0.717, 1.165) is 23.8 Å². The third kappa shape index (κ3) is 7.80. The standard InChI is InChI=1S/C22H29F2N4O7P/c1-3-5-7-8-17(29)28(14-34-18(30)9-11-35-36(31,32)33)22-26-20-16(23)12-15(13-25)19(24)21(20)27(22)10-6-4-2/h12H,3-11,14H2,1-2H3,(H2,31,32,33). The number of rotatable bonds is 14. The van der Waals surface area contributed by atoms with Crippen molar-refractivity contribution in [2.24, 2.45) is 0 Å². The highest BCUT2D eigenvalue weighted by Gasteiger charge is 2.28. The average molecular weight is 530 g/mol. The Bertz CT molecular complexity index is 1180. The molecule has 0 bridgehead atoms.